The van der Waals surface area contributed by atoms with E-state index in [2.05, 4.69) is 17.1 Å². The van der Waals surface area contributed by atoms with Crippen LogP contribution in [-0.2, 0) is 0 Å². The summed E-state index contributed by atoms with van der Waals surface area (Å²) >= 11 is 0. The number of piperidine rings is 1. The Bertz CT molecular complexity index is 774. The number of nitrogens with one attached hydrogen (secondary N) is 1. The molecular weight excluding hydrogens is 318 g/mol. The second-order valence-corrected chi connectivity index (χ2v) is 6.35. The predicted molar refractivity (Wildman–Crippen MR) is 98.2 cm³/mol. The molecule has 0 bridgehead atoms. The number of rotatable bonds is 4. The van der Waals surface area contributed by atoms with Gasteiger partial charge in [-0.1, -0.05) is 6.07 Å². The summed E-state index contributed by atoms with van der Waals surface area (Å²) in [5.41, 5.74) is 2.00. The number of amides is 1. The normalized spacial score (nSPS) is 17.2. The summed E-state index contributed by atoms with van der Waals surface area (Å²) < 4.78 is 0. The lowest BCUT2D eigenvalue weighted by Gasteiger charge is -2.35. The molecule has 25 heavy (non-hydrogen) atoms. The summed E-state index contributed by atoms with van der Waals surface area (Å²) in [6.07, 6.45) is 3.68. The molecule has 1 heterocycles. The van der Waals surface area contributed by atoms with Crippen molar-refractivity contribution in [3.8, 4) is 0 Å². The van der Waals surface area contributed by atoms with Crippen LogP contribution in [0.2, 0.25) is 0 Å². The van der Waals surface area contributed by atoms with E-state index in [9.17, 15) is 14.9 Å². The summed E-state index contributed by atoms with van der Waals surface area (Å²) in [5, 5.41) is 13.6. The minimum absolute atomic E-state index is 0.0953. The first kappa shape index (κ1) is 17.0. The largest absolute Gasteiger partial charge is 0.369 e. The molecule has 2 aromatic rings. The van der Waals surface area contributed by atoms with Gasteiger partial charge in [0.25, 0.3) is 11.6 Å². The zero-order valence-electron chi connectivity index (χ0n) is 14.1. The number of hydrogen-bond acceptors (Lipinski definition) is 4. The van der Waals surface area contributed by atoms with Crippen molar-refractivity contribution in [1.29, 1.82) is 0 Å². The van der Waals surface area contributed by atoms with E-state index >= 15 is 0 Å². The zero-order chi connectivity index (χ0) is 17.8. The van der Waals surface area contributed by atoms with Crippen molar-refractivity contribution in [2.24, 2.45) is 0 Å². The molecular formula is C19H21N3O3. The molecule has 1 amide bonds. The van der Waals surface area contributed by atoms with Crippen molar-refractivity contribution in [3.05, 3.63) is 64.2 Å². The smallest absolute Gasteiger partial charge is 0.270 e. The molecule has 1 fully saturated rings. The average molecular weight is 339 g/mol. The van der Waals surface area contributed by atoms with Crippen molar-refractivity contribution >= 4 is 23.0 Å². The number of carbonyl (C=O) groups excluding carboxylic acids is 1. The van der Waals surface area contributed by atoms with Gasteiger partial charge in [-0.2, -0.15) is 0 Å². The Balaban J connectivity index is 1.70. The van der Waals surface area contributed by atoms with E-state index in [-0.39, 0.29) is 17.2 Å². The van der Waals surface area contributed by atoms with E-state index in [1.54, 1.807) is 6.07 Å². The number of nitro groups is 1. The minimum atomic E-state index is -0.509. The molecule has 2 aromatic carbocycles. The van der Waals surface area contributed by atoms with Gasteiger partial charge in [-0.15, -0.1) is 0 Å². The van der Waals surface area contributed by atoms with E-state index < -0.39 is 4.92 Å². The van der Waals surface area contributed by atoms with Gasteiger partial charge in [-0.3, -0.25) is 14.9 Å². The van der Waals surface area contributed by atoms with Crippen molar-refractivity contribution in [3.63, 3.8) is 0 Å². The second-order valence-electron chi connectivity index (χ2n) is 6.35. The van der Waals surface area contributed by atoms with E-state index in [1.165, 1.54) is 37.5 Å². The monoisotopic (exact) mass is 339 g/mol. The summed E-state index contributed by atoms with van der Waals surface area (Å²) in [7, 11) is 0. The Morgan fingerprint density at radius 1 is 1.20 bits per heavy atom. The van der Waals surface area contributed by atoms with Crippen LogP contribution in [-0.4, -0.2) is 23.4 Å². The number of hydrogen-bond donors (Lipinski definition) is 1. The van der Waals surface area contributed by atoms with E-state index in [1.807, 2.05) is 24.3 Å². The van der Waals surface area contributed by atoms with Gasteiger partial charge in [0.15, 0.2) is 0 Å². The molecule has 1 atom stereocenters. The summed E-state index contributed by atoms with van der Waals surface area (Å²) in [4.78, 5) is 25.0. The van der Waals surface area contributed by atoms with Crippen molar-refractivity contribution < 1.29 is 9.72 Å². The van der Waals surface area contributed by atoms with Crippen LogP contribution in [0.5, 0.6) is 0 Å². The fourth-order valence-electron chi connectivity index (χ4n) is 3.18. The van der Waals surface area contributed by atoms with E-state index in [0.717, 1.165) is 12.2 Å². The number of anilines is 2. The van der Waals surface area contributed by atoms with Crippen LogP contribution in [0.3, 0.4) is 0 Å². The van der Waals surface area contributed by atoms with Gasteiger partial charge in [0.05, 0.1) is 4.92 Å². The van der Waals surface area contributed by atoms with Crippen molar-refractivity contribution in [2.75, 3.05) is 16.8 Å². The van der Waals surface area contributed by atoms with Gasteiger partial charge in [0.1, 0.15) is 0 Å². The highest BCUT2D eigenvalue weighted by molar-refractivity contribution is 6.04. The molecule has 0 radical (unpaired) electrons. The SMILES string of the molecule is CC1CCCCN1c1ccc(NC(=O)c2cccc([N+](=O)[O-])c2)cc1. The molecule has 3 rings (SSSR count). The predicted octanol–water partition coefficient (Wildman–Crippen LogP) is 4.23. The second kappa shape index (κ2) is 7.34. The van der Waals surface area contributed by atoms with Crippen LogP contribution in [0.1, 0.15) is 36.5 Å². The van der Waals surface area contributed by atoms with Gasteiger partial charge in [0, 0.05) is 41.7 Å². The Hall–Kier alpha value is -2.89. The molecule has 130 valence electrons. The van der Waals surface area contributed by atoms with Gasteiger partial charge >= 0.3 is 0 Å². The molecule has 1 unspecified atom stereocenters. The maximum Gasteiger partial charge on any atom is 0.270 e. The van der Waals surface area contributed by atoms with Crippen LogP contribution < -0.4 is 10.2 Å². The Morgan fingerprint density at radius 2 is 1.96 bits per heavy atom. The quantitative estimate of drug-likeness (QED) is 0.668. The van der Waals surface area contributed by atoms with Crippen LogP contribution in [0, 0.1) is 10.1 Å². The lowest BCUT2D eigenvalue weighted by Crippen LogP contribution is -2.37. The number of carbonyl (C=O) groups is 1. The van der Waals surface area contributed by atoms with Crippen molar-refractivity contribution in [1.82, 2.24) is 0 Å². The highest BCUT2D eigenvalue weighted by Gasteiger charge is 2.18. The van der Waals surface area contributed by atoms with Crippen molar-refractivity contribution in [2.45, 2.75) is 32.2 Å². The van der Waals surface area contributed by atoms with E-state index in [0.29, 0.717) is 11.7 Å². The molecule has 0 saturated carbocycles. The first-order chi connectivity index (χ1) is 12.0. The number of benzene rings is 2. The molecule has 0 spiro atoms. The first-order valence-corrected chi connectivity index (χ1v) is 8.47. The summed E-state index contributed by atoms with van der Waals surface area (Å²) in [6.45, 7) is 3.29. The molecule has 1 N–H and O–H groups in total. The van der Waals surface area contributed by atoms with Crippen LogP contribution in [0.4, 0.5) is 17.1 Å². The highest BCUT2D eigenvalue weighted by Crippen LogP contribution is 2.26. The number of nitro benzene ring substituents is 1. The van der Waals surface area contributed by atoms with Gasteiger partial charge in [0.2, 0.25) is 0 Å². The maximum absolute atomic E-state index is 12.3. The van der Waals surface area contributed by atoms with E-state index in [4.69, 9.17) is 0 Å². The fraction of sp³-hybridized carbons (Fsp3) is 0.316. The third kappa shape index (κ3) is 3.96. The standard InChI is InChI=1S/C19H21N3O3/c1-14-5-2-3-12-21(14)17-10-8-16(9-11-17)20-19(23)15-6-4-7-18(13-15)22(24)25/h4,6-11,13-14H,2-3,5,12H2,1H3,(H,20,23). The molecule has 1 aliphatic heterocycles. The highest BCUT2D eigenvalue weighted by atomic mass is 16.6. The van der Waals surface area contributed by atoms with Gasteiger partial charge in [-0.25, -0.2) is 0 Å². The van der Waals surface area contributed by atoms with Crippen LogP contribution in [0.15, 0.2) is 48.5 Å². The molecule has 6 nitrogen and oxygen atoms in total. The lowest BCUT2D eigenvalue weighted by atomic mass is 10.0. The molecule has 6 heteroatoms. The maximum atomic E-state index is 12.3. The molecule has 1 saturated heterocycles. The number of non-ortho nitro benzene ring substituents is 1. The van der Waals surface area contributed by atoms with Gasteiger partial charge in [-0.05, 0) is 56.5 Å². The average Bonchev–Trinajstić information content (AvgIpc) is 2.63. The first-order valence-electron chi connectivity index (χ1n) is 8.47. The van der Waals surface area contributed by atoms with Crippen LogP contribution in [0.25, 0.3) is 0 Å². The Kier molecular flexibility index (Phi) is 4.97. The fourth-order valence-corrected chi connectivity index (χ4v) is 3.18. The topological polar surface area (TPSA) is 75.5 Å². The summed E-state index contributed by atoms with van der Waals surface area (Å²) in [5.74, 6) is -0.359. The minimum Gasteiger partial charge on any atom is -0.369 e. The molecule has 1 aliphatic rings. The Labute approximate surface area is 146 Å². The third-order valence-corrected chi connectivity index (χ3v) is 4.58. The van der Waals surface area contributed by atoms with Crippen LogP contribution >= 0.6 is 0 Å². The molecule has 0 aliphatic carbocycles. The third-order valence-electron chi connectivity index (χ3n) is 4.58. The van der Waals surface area contributed by atoms with Gasteiger partial charge < -0.3 is 10.2 Å². The zero-order valence-corrected chi connectivity index (χ0v) is 14.1. The number of nitrogens with zero attached hydrogens (tertiary/aromatic N) is 2. The molecule has 0 aromatic heterocycles. The summed E-state index contributed by atoms with van der Waals surface area (Å²) in [6, 6.07) is 14.0. The lowest BCUT2D eigenvalue weighted by molar-refractivity contribution is -0.384. The Morgan fingerprint density at radius 3 is 2.64 bits per heavy atom.